The van der Waals surface area contributed by atoms with E-state index in [-0.39, 0.29) is 24.3 Å². The third kappa shape index (κ3) is 4.02. The molecule has 0 spiro atoms. The number of rotatable bonds is 6. The maximum atomic E-state index is 11.5. The van der Waals surface area contributed by atoms with Crippen molar-refractivity contribution < 1.29 is 14.3 Å². The maximum absolute atomic E-state index is 11.5. The molecule has 0 saturated heterocycles. The van der Waals surface area contributed by atoms with Crippen molar-refractivity contribution in [1.29, 1.82) is 0 Å². The quantitative estimate of drug-likeness (QED) is 0.685. The highest BCUT2D eigenvalue weighted by molar-refractivity contribution is 5.74. The Labute approximate surface area is 103 Å². The Morgan fingerprint density at radius 3 is 2.47 bits per heavy atom. The van der Waals surface area contributed by atoms with Crippen molar-refractivity contribution in [3.63, 3.8) is 0 Å². The molecule has 0 aromatic carbocycles. The molecular weight excluding hydrogens is 220 g/mol. The molecule has 0 aromatic heterocycles. The summed E-state index contributed by atoms with van der Waals surface area (Å²) in [6, 6.07) is -0.304. The van der Waals surface area contributed by atoms with Crippen LogP contribution in [0.25, 0.3) is 0 Å². The van der Waals surface area contributed by atoms with Crippen LogP contribution >= 0.6 is 0 Å². The fourth-order valence-corrected chi connectivity index (χ4v) is 1.88. The second-order valence-electron chi connectivity index (χ2n) is 3.75. The van der Waals surface area contributed by atoms with Crippen molar-refractivity contribution in [2.75, 3.05) is 19.8 Å². The molecule has 1 rings (SSSR count). The number of nitrogens with one attached hydrogen (secondary N) is 2. The monoisotopic (exact) mass is 242 g/mol. The van der Waals surface area contributed by atoms with Crippen LogP contribution in [0.2, 0.25) is 0 Å². The van der Waals surface area contributed by atoms with Crippen molar-refractivity contribution >= 4 is 6.03 Å². The summed E-state index contributed by atoms with van der Waals surface area (Å²) in [5.74, 6) is 0. The first kappa shape index (κ1) is 14.0. The molecule has 17 heavy (non-hydrogen) atoms. The van der Waals surface area contributed by atoms with Crippen LogP contribution in [0, 0.1) is 0 Å². The summed E-state index contributed by atoms with van der Waals surface area (Å²) in [7, 11) is 0. The van der Waals surface area contributed by atoms with E-state index in [4.69, 9.17) is 9.47 Å². The van der Waals surface area contributed by atoms with Crippen LogP contribution in [0.4, 0.5) is 4.79 Å². The lowest BCUT2D eigenvalue weighted by molar-refractivity contribution is -0.0448. The molecule has 0 fully saturated rings. The maximum Gasteiger partial charge on any atom is 0.315 e. The molecule has 2 amide bonds. The summed E-state index contributed by atoms with van der Waals surface area (Å²) < 4.78 is 11.2. The smallest absolute Gasteiger partial charge is 0.315 e. The van der Waals surface area contributed by atoms with Gasteiger partial charge in [-0.3, -0.25) is 0 Å². The Morgan fingerprint density at radius 1 is 1.18 bits per heavy atom. The molecule has 3 atom stereocenters. The van der Waals surface area contributed by atoms with Gasteiger partial charge in [-0.2, -0.15) is 0 Å². The van der Waals surface area contributed by atoms with Crippen LogP contribution < -0.4 is 10.6 Å². The molecule has 0 saturated carbocycles. The highest BCUT2D eigenvalue weighted by Gasteiger charge is 2.33. The third-order valence-corrected chi connectivity index (χ3v) is 2.54. The van der Waals surface area contributed by atoms with Crippen LogP contribution in [-0.2, 0) is 9.47 Å². The fourth-order valence-electron chi connectivity index (χ4n) is 1.88. The van der Waals surface area contributed by atoms with Crippen LogP contribution in [0.3, 0.4) is 0 Å². The zero-order valence-corrected chi connectivity index (χ0v) is 10.7. The van der Waals surface area contributed by atoms with E-state index in [0.717, 1.165) is 0 Å². The zero-order chi connectivity index (χ0) is 12.7. The predicted octanol–water partition coefficient (Wildman–Crippen LogP) is 1.05. The molecule has 5 nitrogen and oxygen atoms in total. The molecule has 1 aliphatic rings. The van der Waals surface area contributed by atoms with E-state index >= 15 is 0 Å². The number of amides is 2. The van der Waals surface area contributed by atoms with E-state index < -0.39 is 0 Å². The highest BCUT2D eigenvalue weighted by Crippen LogP contribution is 2.18. The minimum Gasteiger partial charge on any atom is -0.373 e. The number of carbonyl (C=O) groups excluding carboxylic acids is 1. The summed E-state index contributed by atoms with van der Waals surface area (Å²) in [5, 5.41) is 5.56. The largest absolute Gasteiger partial charge is 0.373 e. The lowest BCUT2D eigenvalue weighted by atomic mass is 10.2. The standard InChI is InChI=1S/C12H22N2O3/c1-4-13-12(15)14-9-7-8-10(16-5-2)11(9)17-6-3/h7-11H,4-6H2,1-3H3,(H2,13,14,15)/t9-,10-,11+/m1/s1. The molecular formula is C12H22N2O3. The van der Waals surface area contributed by atoms with Gasteiger partial charge in [0, 0.05) is 19.8 Å². The number of hydrogen-bond donors (Lipinski definition) is 2. The minimum atomic E-state index is -0.177. The average molecular weight is 242 g/mol. The van der Waals surface area contributed by atoms with Gasteiger partial charge in [-0.05, 0) is 20.8 Å². The number of ether oxygens (including phenoxy) is 2. The van der Waals surface area contributed by atoms with Crippen LogP contribution in [0.15, 0.2) is 12.2 Å². The van der Waals surface area contributed by atoms with E-state index in [0.29, 0.717) is 19.8 Å². The van der Waals surface area contributed by atoms with E-state index in [1.54, 1.807) is 0 Å². The van der Waals surface area contributed by atoms with Gasteiger partial charge in [-0.15, -0.1) is 0 Å². The first-order valence-corrected chi connectivity index (χ1v) is 6.18. The first-order valence-electron chi connectivity index (χ1n) is 6.18. The molecule has 0 heterocycles. The summed E-state index contributed by atoms with van der Waals surface area (Å²) in [4.78, 5) is 11.5. The summed E-state index contributed by atoms with van der Waals surface area (Å²) in [6.07, 6.45) is 3.66. The number of hydrogen-bond acceptors (Lipinski definition) is 3. The van der Waals surface area contributed by atoms with Gasteiger partial charge in [-0.1, -0.05) is 12.2 Å². The Morgan fingerprint density at radius 2 is 1.88 bits per heavy atom. The molecule has 0 aromatic rings. The molecule has 98 valence electrons. The van der Waals surface area contributed by atoms with Gasteiger partial charge in [0.1, 0.15) is 12.2 Å². The highest BCUT2D eigenvalue weighted by atomic mass is 16.5. The molecule has 0 unspecified atom stereocenters. The topological polar surface area (TPSA) is 59.6 Å². The summed E-state index contributed by atoms with van der Waals surface area (Å²) in [5.41, 5.74) is 0. The van der Waals surface area contributed by atoms with Crippen LogP contribution in [0.1, 0.15) is 20.8 Å². The lowest BCUT2D eigenvalue weighted by Crippen LogP contribution is -2.49. The number of carbonyl (C=O) groups is 1. The van der Waals surface area contributed by atoms with Crippen molar-refractivity contribution in [1.82, 2.24) is 10.6 Å². The van der Waals surface area contributed by atoms with Crippen molar-refractivity contribution in [3.8, 4) is 0 Å². The SMILES string of the molecule is CCNC(=O)N[C@@H]1C=C[C@@H](OCC)[C@H]1OCC. The second-order valence-corrected chi connectivity index (χ2v) is 3.75. The fraction of sp³-hybridized carbons (Fsp3) is 0.750. The van der Waals surface area contributed by atoms with Gasteiger partial charge in [0.15, 0.2) is 0 Å². The Kier molecular flexibility index (Phi) is 6.00. The van der Waals surface area contributed by atoms with E-state index in [1.807, 2.05) is 32.9 Å². The third-order valence-electron chi connectivity index (χ3n) is 2.54. The summed E-state index contributed by atoms with van der Waals surface area (Å²) >= 11 is 0. The Balaban J connectivity index is 2.53. The van der Waals surface area contributed by atoms with Crippen LogP contribution in [-0.4, -0.2) is 44.0 Å². The molecule has 1 aliphatic carbocycles. The second kappa shape index (κ2) is 7.29. The molecule has 5 heteroatoms. The van der Waals surface area contributed by atoms with Crippen molar-refractivity contribution in [2.24, 2.45) is 0 Å². The van der Waals surface area contributed by atoms with Gasteiger partial charge < -0.3 is 20.1 Å². The van der Waals surface area contributed by atoms with E-state index in [9.17, 15) is 4.79 Å². The normalized spacial score (nSPS) is 27.1. The Hall–Kier alpha value is -1.07. The zero-order valence-electron chi connectivity index (χ0n) is 10.7. The molecule has 0 radical (unpaired) electrons. The predicted molar refractivity (Wildman–Crippen MR) is 66.0 cm³/mol. The molecule has 0 bridgehead atoms. The molecule has 0 aliphatic heterocycles. The lowest BCUT2D eigenvalue weighted by Gasteiger charge is -2.25. The average Bonchev–Trinajstić information content (AvgIpc) is 2.64. The van der Waals surface area contributed by atoms with Crippen molar-refractivity contribution in [2.45, 2.75) is 39.0 Å². The van der Waals surface area contributed by atoms with Crippen LogP contribution in [0.5, 0.6) is 0 Å². The van der Waals surface area contributed by atoms with Gasteiger partial charge >= 0.3 is 6.03 Å². The summed E-state index contributed by atoms with van der Waals surface area (Å²) in [6.45, 7) is 7.60. The van der Waals surface area contributed by atoms with Gasteiger partial charge in [0.2, 0.25) is 0 Å². The van der Waals surface area contributed by atoms with E-state index in [1.165, 1.54) is 0 Å². The van der Waals surface area contributed by atoms with Gasteiger partial charge in [-0.25, -0.2) is 4.79 Å². The number of urea groups is 1. The minimum absolute atomic E-state index is 0.0770. The molecule has 2 N–H and O–H groups in total. The Bertz CT molecular complexity index is 268. The van der Waals surface area contributed by atoms with Crippen molar-refractivity contribution in [3.05, 3.63) is 12.2 Å². The van der Waals surface area contributed by atoms with Gasteiger partial charge in [0.25, 0.3) is 0 Å². The van der Waals surface area contributed by atoms with E-state index in [2.05, 4.69) is 10.6 Å². The first-order chi connectivity index (χ1) is 8.22. The van der Waals surface area contributed by atoms with Gasteiger partial charge in [0.05, 0.1) is 6.04 Å².